The second-order valence-corrected chi connectivity index (χ2v) is 6.14. The third-order valence-corrected chi connectivity index (χ3v) is 4.19. The summed E-state index contributed by atoms with van der Waals surface area (Å²) in [5.74, 6) is 0.540. The van der Waals surface area contributed by atoms with Crippen LogP contribution in [0, 0.1) is 5.92 Å². The van der Waals surface area contributed by atoms with Crippen molar-refractivity contribution < 1.29 is 9.53 Å². The minimum absolute atomic E-state index is 0.127. The number of fused-ring (bicyclic) bond motifs is 1. The fourth-order valence-corrected chi connectivity index (χ4v) is 3.13. The Hall–Kier alpha value is -0.870. The Labute approximate surface area is 113 Å². The first-order valence-corrected chi connectivity index (χ1v) is 7.52. The zero-order valence-corrected chi connectivity index (χ0v) is 11.9. The Morgan fingerprint density at radius 1 is 1.61 bits per heavy atom. The summed E-state index contributed by atoms with van der Waals surface area (Å²) >= 11 is 1.73. The van der Waals surface area contributed by atoms with Gasteiger partial charge >= 0.3 is 5.97 Å². The van der Waals surface area contributed by atoms with Gasteiger partial charge in [0.05, 0.1) is 6.61 Å². The van der Waals surface area contributed by atoms with E-state index in [1.807, 2.05) is 6.07 Å². The molecule has 0 bridgehead atoms. The monoisotopic (exact) mass is 267 g/mol. The highest BCUT2D eigenvalue weighted by Crippen LogP contribution is 2.28. The summed E-state index contributed by atoms with van der Waals surface area (Å²) in [7, 11) is 0. The van der Waals surface area contributed by atoms with Gasteiger partial charge in [0.15, 0.2) is 0 Å². The number of hydrogen-bond donors (Lipinski definition) is 1. The molecule has 1 unspecified atom stereocenters. The smallest absolute Gasteiger partial charge is 0.327 e. The maximum atomic E-state index is 12.0. The fraction of sp³-hybridized carbons (Fsp3) is 0.643. The normalized spacial score (nSPS) is 18.7. The molecule has 0 amide bonds. The highest BCUT2D eigenvalue weighted by atomic mass is 32.1. The van der Waals surface area contributed by atoms with Gasteiger partial charge in [0.2, 0.25) is 0 Å². The minimum atomic E-state index is -0.251. The Balaban J connectivity index is 1.84. The standard InChI is InChI=1S/C14H21NO2S/c1-10(2)4-3-8-17-14(16)13-11-6-9-18-12(11)5-7-15-13/h6,9-10,13,15H,3-5,7-8H2,1-2H3. The molecule has 2 rings (SSSR count). The molecule has 1 N–H and O–H groups in total. The minimum Gasteiger partial charge on any atom is -0.464 e. The van der Waals surface area contributed by atoms with Crippen molar-refractivity contribution in [2.75, 3.05) is 13.2 Å². The molecule has 1 aromatic heterocycles. The van der Waals surface area contributed by atoms with Crippen molar-refractivity contribution in [2.45, 2.75) is 39.2 Å². The van der Waals surface area contributed by atoms with E-state index in [0.717, 1.165) is 31.4 Å². The summed E-state index contributed by atoms with van der Waals surface area (Å²) in [4.78, 5) is 13.3. The number of carbonyl (C=O) groups is 1. The average molecular weight is 267 g/mol. The predicted octanol–water partition coefficient (Wildman–Crippen LogP) is 2.91. The molecule has 100 valence electrons. The Bertz CT molecular complexity index is 400. The Morgan fingerprint density at radius 3 is 3.22 bits per heavy atom. The molecule has 3 nitrogen and oxygen atoms in total. The molecule has 0 aliphatic carbocycles. The van der Waals surface area contributed by atoms with Crippen LogP contribution in [-0.4, -0.2) is 19.1 Å². The topological polar surface area (TPSA) is 38.3 Å². The highest BCUT2D eigenvalue weighted by Gasteiger charge is 2.27. The lowest BCUT2D eigenvalue weighted by atomic mass is 10.0. The maximum Gasteiger partial charge on any atom is 0.327 e. The van der Waals surface area contributed by atoms with Crippen LogP contribution in [0.4, 0.5) is 0 Å². The van der Waals surface area contributed by atoms with Crippen molar-refractivity contribution in [3.63, 3.8) is 0 Å². The molecule has 0 radical (unpaired) electrons. The van der Waals surface area contributed by atoms with Crippen LogP contribution < -0.4 is 5.32 Å². The SMILES string of the molecule is CC(C)CCCOC(=O)C1NCCc2sccc21. The van der Waals surface area contributed by atoms with Gasteiger partial charge in [-0.2, -0.15) is 0 Å². The molecule has 18 heavy (non-hydrogen) atoms. The van der Waals surface area contributed by atoms with Crippen molar-refractivity contribution in [3.8, 4) is 0 Å². The first-order chi connectivity index (χ1) is 8.68. The summed E-state index contributed by atoms with van der Waals surface area (Å²) in [6.45, 7) is 5.76. The summed E-state index contributed by atoms with van der Waals surface area (Å²) in [6.07, 6.45) is 3.08. The molecule has 2 heterocycles. The van der Waals surface area contributed by atoms with Crippen molar-refractivity contribution in [1.29, 1.82) is 0 Å². The van der Waals surface area contributed by atoms with Crippen LogP contribution in [0.3, 0.4) is 0 Å². The summed E-state index contributed by atoms with van der Waals surface area (Å²) in [5.41, 5.74) is 1.11. The second kappa shape index (κ2) is 6.34. The van der Waals surface area contributed by atoms with Gasteiger partial charge in [0, 0.05) is 11.4 Å². The molecule has 1 aliphatic heterocycles. The van der Waals surface area contributed by atoms with Crippen LogP contribution in [0.25, 0.3) is 0 Å². The van der Waals surface area contributed by atoms with E-state index in [4.69, 9.17) is 4.74 Å². The third kappa shape index (κ3) is 3.33. The lowest BCUT2D eigenvalue weighted by molar-refractivity contribution is -0.146. The Morgan fingerprint density at radius 2 is 2.44 bits per heavy atom. The van der Waals surface area contributed by atoms with Crippen LogP contribution in [0.1, 0.15) is 43.2 Å². The van der Waals surface area contributed by atoms with Crippen LogP contribution in [-0.2, 0) is 16.0 Å². The molecule has 0 saturated carbocycles. The molecule has 4 heteroatoms. The molecular formula is C14H21NO2S. The van der Waals surface area contributed by atoms with E-state index in [1.54, 1.807) is 11.3 Å². The number of rotatable bonds is 5. The molecule has 0 fully saturated rings. The van der Waals surface area contributed by atoms with E-state index in [0.29, 0.717) is 12.5 Å². The van der Waals surface area contributed by atoms with Gasteiger partial charge in [-0.15, -0.1) is 11.3 Å². The second-order valence-electron chi connectivity index (χ2n) is 5.14. The van der Waals surface area contributed by atoms with Crippen LogP contribution >= 0.6 is 11.3 Å². The van der Waals surface area contributed by atoms with E-state index in [2.05, 4.69) is 24.5 Å². The van der Waals surface area contributed by atoms with Gasteiger partial charge in [0.25, 0.3) is 0 Å². The summed E-state index contributed by atoms with van der Waals surface area (Å²) in [6, 6.07) is 1.78. The predicted molar refractivity (Wildman–Crippen MR) is 73.8 cm³/mol. The van der Waals surface area contributed by atoms with Crippen LogP contribution in [0.5, 0.6) is 0 Å². The van der Waals surface area contributed by atoms with Gasteiger partial charge in [-0.05, 0) is 42.2 Å². The first-order valence-electron chi connectivity index (χ1n) is 6.64. The largest absolute Gasteiger partial charge is 0.464 e. The lowest BCUT2D eigenvalue weighted by Crippen LogP contribution is -2.35. The maximum absolute atomic E-state index is 12.0. The number of ether oxygens (including phenoxy) is 1. The molecule has 0 aromatic carbocycles. The van der Waals surface area contributed by atoms with Crippen LogP contribution in [0.2, 0.25) is 0 Å². The van der Waals surface area contributed by atoms with E-state index < -0.39 is 0 Å². The summed E-state index contributed by atoms with van der Waals surface area (Å²) < 4.78 is 5.36. The van der Waals surface area contributed by atoms with Crippen molar-refractivity contribution in [2.24, 2.45) is 5.92 Å². The van der Waals surface area contributed by atoms with E-state index in [-0.39, 0.29) is 12.0 Å². The van der Waals surface area contributed by atoms with Gasteiger partial charge in [0.1, 0.15) is 6.04 Å². The molecule has 0 spiro atoms. The zero-order chi connectivity index (χ0) is 13.0. The molecule has 1 atom stereocenters. The first kappa shape index (κ1) is 13.6. The Kier molecular flexibility index (Phi) is 4.78. The average Bonchev–Trinajstić information content (AvgIpc) is 2.82. The number of nitrogens with one attached hydrogen (secondary N) is 1. The van der Waals surface area contributed by atoms with Crippen molar-refractivity contribution in [1.82, 2.24) is 5.32 Å². The quantitative estimate of drug-likeness (QED) is 0.658. The van der Waals surface area contributed by atoms with Crippen molar-refractivity contribution >= 4 is 17.3 Å². The van der Waals surface area contributed by atoms with E-state index in [9.17, 15) is 4.79 Å². The number of hydrogen-bond acceptors (Lipinski definition) is 4. The number of carbonyl (C=O) groups excluding carboxylic acids is 1. The summed E-state index contributed by atoms with van der Waals surface area (Å²) in [5, 5.41) is 5.30. The molecule has 1 aliphatic rings. The zero-order valence-electron chi connectivity index (χ0n) is 11.1. The van der Waals surface area contributed by atoms with Gasteiger partial charge in [-0.1, -0.05) is 13.8 Å². The van der Waals surface area contributed by atoms with Gasteiger partial charge in [-0.3, -0.25) is 0 Å². The van der Waals surface area contributed by atoms with Crippen molar-refractivity contribution in [3.05, 3.63) is 21.9 Å². The fourth-order valence-electron chi connectivity index (χ4n) is 2.21. The number of esters is 1. The van der Waals surface area contributed by atoms with E-state index >= 15 is 0 Å². The highest BCUT2D eigenvalue weighted by molar-refractivity contribution is 7.10. The van der Waals surface area contributed by atoms with Crippen LogP contribution in [0.15, 0.2) is 11.4 Å². The number of thiophene rings is 1. The van der Waals surface area contributed by atoms with Gasteiger partial charge in [-0.25, -0.2) is 4.79 Å². The molecule has 1 aromatic rings. The van der Waals surface area contributed by atoms with Gasteiger partial charge < -0.3 is 10.1 Å². The van der Waals surface area contributed by atoms with E-state index in [1.165, 1.54) is 4.88 Å². The molecular weight excluding hydrogens is 246 g/mol. The lowest BCUT2D eigenvalue weighted by Gasteiger charge is -2.22. The molecule has 0 saturated heterocycles. The third-order valence-electron chi connectivity index (χ3n) is 3.20.